The summed E-state index contributed by atoms with van der Waals surface area (Å²) in [6.45, 7) is 7.21. The van der Waals surface area contributed by atoms with Gasteiger partial charge >= 0.3 is 0 Å². The van der Waals surface area contributed by atoms with E-state index in [0.717, 1.165) is 16.3 Å². The van der Waals surface area contributed by atoms with Crippen molar-refractivity contribution in [3.8, 4) is 0 Å². The molecule has 2 atom stereocenters. The van der Waals surface area contributed by atoms with E-state index in [1.807, 2.05) is 75.4 Å². The van der Waals surface area contributed by atoms with Crippen LogP contribution in [0.1, 0.15) is 52.0 Å². The second-order valence-electron chi connectivity index (χ2n) is 12.2. The van der Waals surface area contributed by atoms with E-state index in [9.17, 15) is 23.1 Å². The number of methoxy groups -OCH3 is 1. The second kappa shape index (κ2) is 18.1. The molecule has 10 nitrogen and oxygen atoms in total. The summed E-state index contributed by atoms with van der Waals surface area (Å²) in [6.07, 6.45) is 1.49. The molecule has 2 amide bonds. The zero-order chi connectivity index (χ0) is 33.6. The zero-order valence-corrected chi connectivity index (χ0v) is 28.3. The van der Waals surface area contributed by atoms with Crippen molar-refractivity contribution in [3.63, 3.8) is 0 Å². The lowest BCUT2D eigenvalue weighted by atomic mass is 9.98. The minimum Gasteiger partial charge on any atom is -0.383 e. The standard InChI is InChI=1S/C35H50N4O6S/c1-27(2)26-39(46(43,44)32-18-17-30-14-8-9-15-31(30)23-32)35(42,24-29-12-6-5-7-13-29)19-20-37-33(40)16-10-11-28(3)38-34(41)25-36-21-22-45-4/h5-9,12-15,17-18,23,27-28,36,42H,10-11,16,19-22,24-26H2,1-4H3,(H,37,40)(H,38,41). The van der Waals surface area contributed by atoms with Crippen LogP contribution in [0.25, 0.3) is 10.8 Å². The summed E-state index contributed by atoms with van der Waals surface area (Å²) < 4.78 is 34.7. The highest BCUT2D eigenvalue weighted by Crippen LogP contribution is 2.31. The summed E-state index contributed by atoms with van der Waals surface area (Å²) in [4.78, 5) is 24.9. The van der Waals surface area contributed by atoms with E-state index < -0.39 is 15.7 Å². The number of sulfonamides is 1. The first-order valence-electron chi connectivity index (χ1n) is 16.0. The van der Waals surface area contributed by atoms with Crippen molar-refractivity contribution in [2.24, 2.45) is 5.92 Å². The third kappa shape index (κ3) is 11.5. The number of nitrogens with zero attached hydrogens (tertiary/aromatic N) is 1. The maximum absolute atomic E-state index is 14.3. The molecule has 4 N–H and O–H groups in total. The molecule has 0 fully saturated rings. The van der Waals surface area contributed by atoms with Crippen LogP contribution in [0.15, 0.2) is 77.7 Å². The van der Waals surface area contributed by atoms with Crippen molar-refractivity contribution in [2.75, 3.05) is 39.9 Å². The van der Waals surface area contributed by atoms with E-state index in [1.54, 1.807) is 25.3 Å². The number of amides is 2. The fraction of sp³-hybridized carbons (Fsp3) is 0.486. The van der Waals surface area contributed by atoms with Gasteiger partial charge in [0, 0.05) is 52.0 Å². The lowest BCUT2D eigenvalue weighted by molar-refractivity contribution is -0.122. The largest absolute Gasteiger partial charge is 0.383 e. The van der Waals surface area contributed by atoms with Crippen molar-refractivity contribution >= 4 is 32.6 Å². The van der Waals surface area contributed by atoms with E-state index in [4.69, 9.17) is 4.74 Å². The van der Waals surface area contributed by atoms with Crippen molar-refractivity contribution in [1.82, 2.24) is 20.3 Å². The van der Waals surface area contributed by atoms with Gasteiger partial charge in [0.05, 0.1) is 18.0 Å². The predicted molar refractivity (Wildman–Crippen MR) is 182 cm³/mol. The normalized spacial score (nSPS) is 13.9. The van der Waals surface area contributed by atoms with Crippen LogP contribution < -0.4 is 16.0 Å². The van der Waals surface area contributed by atoms with Crippen LogP contribution >= 0.6 is 0 Å². The highest BCUT2D eigenvalue weighted by Gasteiger charge is 2.43. The molecule has 3 aromatic rings. The van der Waals surface area contributed by atoms with E-state index in [2.05, 4.69) is 16.0 Å². The summed E-state index contributed by atoms with van der Waals surface area (Å²) in [5.41, 5.74) is -1.02. The molecule has 3 rings (SSSR count). The van der Waals surface area contributed by atoms with Crippen LogP contribution in [0.4, 0.5) is 0 Å². The van der Waals surface area contributed by atoms with E-state index in [-0.39, 0.29) is 67.6 Å². The van der Waals surface area contributed by atoms with Gasteiger partial charge in [-0.25, -0.2) is 8.42 Å². The Morgan fingerprint density at radius 2 is 1.63 bits per heavy atom. The fourth-order valence-corrected chi connectivity index (χ4v) is 7.20. The van der Waals surface area contributed by atoms with Gasteiger partial charge in [0.15, 0.2) is 0 Å². The topological polar surface area (TPSA) is 137 Å². The number of aliphatic hydroxyl groups is 1. The molecule has 11 heteroatoms. The minimum absolute atomic E-state index is 0.00427. The SMILES string of the molecule is COCCNCC(=O)NC(C)CCCC(=O)NCCC(O)(Cc1ccccc1)N(CC(C)C)S(=O)(=O)c1ccc2ccccc2c1. The number of carbonyl (C=O) groups excluding carboxylic acids is 2. The third-order valence-electron chi connectivity index (χ3n) is 7.70. The summed E-state index contributed by atoms with van der Waals surface area (Å²) in [7, 11) is -2.53. The Hall–Kier alpha value is -3.35. The Morgan fingerprint density at radius 3 is 2.33 bits per heavy atom. The summed E-state index contributed by atoms with van der Waals surface area (Å²) in [5, 5.41) is 22.8. The zero-order valence-electron chi connectivity index (χ0n) is 27.5. The van der Waals surface area contributed by atoms with Gasteiger partial charge in [0.2, 0.25) is 21.8 Å². The maximum Gasteiger partial charge on any atom is 0.245 e. The molecule has 0 aliphatic rings. The minimum atomic E-state index is -4.13. The van der Waals surface area contributed by atoms with E-state index >= 15 is 0 Å². The van der Waals surface area contributed by atoms with E-state index in [1.165, 1.54) is 4.31 Å². The van der Waals surface area contributed by atoms with Crippen LogP contribution in [0.2, 0.25) is 0 Å². The molecule has 0 spiro atoms. The van der Waals surface area contributed by atoms with Crippen LogP contribution in [0.5, 0.6) is 0 Å². The lowest BCUT2D eigenvalue weighted by Gasteiger charge is -2.40. The number of benzene rings is 3. The Kier molecular flexibility index (Phi) is 14.6. The molecule has 0 heterocycles. The van der Waals surface area contributed by atoms with Crippen molar-refractivity contribution < 1.29 is 27.9 Å². The predicted octanol–water partition coefficient (Wildman–Crippen LogP) is 3.84. The van der Waals surface area contributed by atoms with Crippen LogP contribution in [0.3, 0.4) is 0 Å². The van der Waals surface area contributed by atoms with Gasteiger partial charge in [-0.3, -0.25) is 9.59 Å². The molecule has 0 radical (unpaired) electrons. The van der Waals surface area contributed by atoms with Gasteiger partial charge in [0.1, 0.15) is 5.72 Å². The first-order valence-corrected chi connectivity index (χ1v) is 17.4. The summed E-state index contributed by atoms with van der Waals surface area (Å²) >= 11 is 0. The summed E-state index contributed by atoms with van der Waals surface area (Å²) in [6, 6.07) is 21.7. The smallest absolute Gasteiger partial charge is 0.245 e. The van der Waals surface area contributed by atoms with Gasteiger partial charge < -0.3 is 25.8 Å². The molecule has 2 unspecified atom stereocenters. The number of hydrogen-bond acceptors (Lipinski definition) is 7. The molecule has 252 valence electrons. The average molecular weight is 655 g/mol. The van der Waals surface area contributed by atoms with Crippen molar-refractivity contribution in [2.45, 2.75) is 69.5 Å². The number of rotatable bonds is 20. The van der Waals surface area contributed by atoms with Gasteiger partial charge in [-0.15, -0.1) is 0 Å². The first-order chi connectivity index (χ1) is 21.9. The Morgan fingerprint density at radius 1 is 0.935 bits per heavy atom. The molecule has 0 aromatic heterocycles. The van der Waals surface area contributed by atoms with E-state index in [0.29, 0.717) is 26.0 Å². The molecule has 3 aromatic carbocycles. The number of fused-ring (bicyclic) bond motifs is 1. The quantitative estimate of drug-likeness (QED) is 0.107. The number of hydrogen-bond donors (Lipinski definition) is 4. The fourth-order valence-electron chi connectivity index (χ4n) is 5.34. The van der Waals surface area contributed by atoms with Crippen molar-refractivity contribution in [1.29, 1.82) is 0 Å². The Balaban J connectivity index is 1.69. The van der Waals surface area contributed by atoms with Gasteiger partial charge in [-0.05, 0) is 54.2 Å². The van der Waals surface area contributed by atoms with Crippen LogP contribution in [-0.2, 0) is 30.8 Å². The Labute approximate surface area is 274 Å². The molecule has 0 bridgehead atoms. The molecule has 0 aliphatic carbocycles. The molecular formula is C35H50N4O6S. The lowest BCUT2D eigenvalue weighted by Crippen LogP contribution is -2.55. The molecule has 0 saturated carbocycles. The van der Waals surface area contributed by atoms with Crippen LogP contribution in [-0.4, -0.2) is 81.3 Å². The molecule has 0 aliphatic heterocycles. The number of carbonyl (C=O) groups is 2. The molecular weight excluding hydrogens is 604 g/mol. The monoisotopic (exact) mass is 654 g/mol. The maximum atomic E-state index is 14.3. The molecule has 46 heavy (non-hydrogen) atoms. The third-order valence-corrected chi connectivity index (χ3v) is 9.62. The van der Waals surface area contributed by atoms with Crippen LogP contribution in [0, 0.1) is 5.92 Å². The highest BCUT2D eigenvalue weighted by molar-refractivity contribution is 7.89. The second-order valence-corrected chi connectivity index (χ2v) is 14.1. The average Bonchev–Trinajstić information content (AvgIpc) is 3.02. The highest BCUT2D eigenvalue weighted by atomic mass is 32.2. The number of ether oxygens (including phenoxy) is 1. The van der Waals surface area contributed by atoms with Gasteiger partial charge in [-0.2, -0.15) is 4.31 Å². The molecule has 0 saturated heterocycles. The number of nitrogens with one attached hydrogen (secondary N) is 3. The van der Waals surface area contributed by atoms with Crippen molar-refractivity contribution in [3.05, 3.63) is 78.4 Å². The summed E-state index contributed by atoms with van der Waals surface area (Å²) in [5.74, 6) is -0.388. The first kappa shape index (κ1) is 37.1. The van der Waals surface area contributed by atoms with Gasteiger partial charge in [0.25, 0.3) is 0 Å². The van der Waals surface area contributed by atoms with Gasteiger partial charge in [-0.1, -0.05) is 74.5 Å². The Bertz CT molecular complexity index is 1500.